The first-order valence-corrected chi connectivity index (χ1v) is 8.75. The number of anilines is 1. The molecular weight excluding hydrogens is 328 g/mol. The van der Waals surface area contributed by atoms with Crippen LogP contribution in [0.1, 0.15) is 30.9 Å². The van der Waals surface area contributed by atoms with Crippen LogP contribution in [-0.2, 0) is 16.1 Å². The number of nitrogens with zero attached hydrogens (tertiary/aromatic N) is 4. The van der Waals surface area contributed by atoms with E-state index in [0.29, 0.717) is 18.2 Å². The van der Waals surface area contributed by atoms with E-state index in [4.69, 9.17) is 0 Å². The molecular formula is C20H20N4O2. The van der Waals surface area contributed by atoms with Crippen LogP contribution >= 0.6 is 0 Å². The van der Waals surface area contributed by atoms with Crippen molar-refractivity contribution in [3.05, 3.63) is 65.7 Å². The Kier molecular flexibility index (Phi) is 4.03. The Hall–Kier alpha value is -3.02. The number of rotatable bonds is 4. The van der Waals surface area contributed by atoms with Crippen molar-refractivity contribution >= 4 is 17.5 Å². The third kappa shape index (κ3) is 2.67. The smallest absolute Gasteiger partial charge is 0.263 e. The summed E-state index contributed by atoms with van der Waals surface area (Å²) in [6, 6.07) is 15.8. The predicted molar refractivity (Wildman–Crippen MR) is 97.4 cm³/mol. The van der Waals surface area contributed by atoms with Crippen molar-refractivity contribution in [3.63, 3.8) is 0 Å². The quantitative estimate of drug-likeness (QED) is 0.796. The van der Waals surface area contributed by atoms with Gasteiger partial charge in [-0.05, 0) is 29.2 Å². The Bertz CT molecular complexity index is 861. The SMILES string of the molecule is CC(C)c1ccc(CN2N=N[C@H]3C(=O)N(c4ccccc4)C(=O)[C@H]32)cc1. The van der Waals surface area contributed by atoms with Crippen molar-refractivity contribution in [3.8, 4) is 0 Å². The summed E-state index contributed by atoms with van der Waals surface area (Å²) in [5.74, 6) is -0.115. The zero-order valence-corrected chi connectivity index (χ0v) is 14.7. The van der Waals surface area contributed by atoms with Gasteiger partial charge < -0.3 is 0 Å². The van der Waals surface area contributed by atoms with Gasteiger partial charge >= 0.3 is 0 Å². The van der Waals surface area contributed by atoms with Crippen LogP contribution in [0.25, 0.3) is 0 Å². The highest BCUT2D eigenvalue weighted by molar-refractivity contribution is 6.25. The molecule has 0 spiro atoms. The van der Waals surface area contributed by atoms with Gasteiger partial charge in [0, 0.05) is 0 Å². The fourth-order valence-corrected chi connectivity index (χ4v) is 3.38. The lowest BCUT2D eigenvalue weighted by Crippen LogP contribution is -2.39. The molecule has 0 N–H and O–H groups in total. The second-order valence-corrected chi connectivity index (χ2v) is 6.94. The normalized spacial score (nSPS) is 21.8. The molecule has 1 saturated heterocycles. The molecule has 0 bridgehead atoms. The molecule has 2 heterocycles. The van der Waals surface area contributed by atoms with Gasteiger partial charge in [-0.25, -0.2) is 4.90 Å². The summed E-state index contributed by atoms with van der Waals surface area (Å²) in [5.41, 5.74) is 2.87. The summed E-state index contributed by atoms with van der Waals surface area (Å²) >= 11 is 0. The molecule has 6 nitrogen and oxygen atoms in total. The van der Waals surface area contributed by atoms with Crippen molar-refractivity contribution < 1.29 is 9.59 Å². The number of carbonyl (C=O) groups is 2. The number of amides is 2. The maximum absolute atomic E-state index is 12.9. The summed E-state index contributed by atoms with van der Waals surface area (Å²) in [6.45, 7) is 4.75. The number of carbonyl (C=O) groups excluding carboxylic acids is 2. The van der Waals surface area contributed by atoms with E-state index in [2.05, 4.69) is 36.3 Å². The van der Waals surface area contributed by atoms with Gasteiger partial charge in [0.25, 0.3) is 11.8 Å². The number of imide groups is 1. The standard InChI is InChI=1S/C20H20N4O2/c1-13(2)15-10-8-14(9-11-15)12-23-18-17(21-22-23)19(25)24(20(18)26)16-6-4-3-5-7-16/h3-11,13,17-18H,12H2,1-2H3/t17-,18+/m1/s1. The van der Waals surface area contributed by atoms with Crippen LogP contribution in [0.2, 0.25) is 0 Å². The van der Waals surface area contributed by atoms with Crippen molar-refractivity contribution in [1.29, 1.82) is 0 Å². The van der Waals surface area contributed by atoms with Gasteiger partial charge in [0.2, 0.25) is 0 Å². The van der Waals surface area contributed by atoms with E-state index < -0.39 is 12.1 Å². The zero-order chi connectivity index (χ0) is 18.3. The highest BCUT2D eigenvalue weighted by Crippen LogP contribution is 2.32. The largest absolute Gasteiger partial charge is 0.271 e. The highest BCUT2D eigenvalue weighted by Gasteiger charge is 2.54. The Labute approximate surface area is 152 Å². The number of hydrogen-bond acceptors (Lipinski definition) is 5. The summed E-state index contributed by atoms with van der Waals surface area (Å²) in [5, 5.41) is 9.78. The van der Waals surface area contributed by atoms with E-state index in [1.165, 1.54) is 10.5 Å². The Balaban J connectivity index is 1.55. The van der Waals surface area contributed by atoms with Crippen LogP contribution in [0.4, 0.5) is 5.69 Å². The first-order valence-electron chi connectivity index (χ1n) is 8.75. The number of para-hydroxylation sites is 1. The van der Waals surface area contributed by atoms with E-state index >= 15 is 0 Å². The van der Waals surface area contributed by atoms with Gasteiger partial charge in [-0.15, -0.1) is 0 Å². The minimum atomic E-state index is -0.752. The fourth-order valence-electron chi connectivity index (χ4n) is 3.38. The molecule has 2 aromatic carbocycles. The molecule has 0 radical (unpaired) electrons. The number of hydrogen-bond donors (Lipinski definition) is 0. The third-order valence-corrected chi connectivity index (χ3v) is 4.86. The maximum atomic E-state index is 12.9. The van der Waals surface area contributed by atoms with Crippen molar-refractivity contribution in [1.82, 2.24) is 5.01 Å². The van der Waals surface area contributed by atoms with Crippen LogP contribution in [0.5, 0.6) is 0 Å². The lowest BCUT2D eigenvalue weighted by Gasteiger charge is -2.20. The van der Waals surface area contributed by atoms with Crippen LogP contribution in [0.15, 0.2) is 64.9 Å². The van der Waals surface area contributed by atoms with Gasteiger partial charge in [-0.3, -0.25) is 14.6 Å². The van der Waals surface area contributed by atoms with Crippen LogP contribution in [-0.4, -0.2) is 28.9 Å². The minimum Gasteiger partial charge on any atom is -0.271 e. The molecule has 4 rings (SSSR count). The molecule has 0 aliphatic carbocycles. The van der Waals surface area contributed by atoms with E-state index in [0.717, 1.165) is 5.56 Å². The monoisotopic (exact) mass is 348 g/mol. The van der Waals surface area contributed by atoms with E-state index in [1.54, 1.807) is 29.3 Å². The van der Waals surface area contributed by atoms with Gasteiger partial charge in [0.15, 0.2) is 12.1 Å². The molecule has 1 fully saturated rings. The van der Waals surface area contributed by atoms with E-state index in [9.17, 15) is 9.59 Å². The van der Waals surface area contributed by atoms with Crippen molar-refractivity contribution in [2.75, 3.05) is 4.90 Å². The van der Waals surface area contributed by atoms with Crippen molar-refractivity contribution in [2.45, 2.75) is 38.4 Å². The Morgan fingerprint density at radius 3 is 2.31 bits per heavy atom. The minimum absolute atomic E-state index is 0.269. The first kappa shape index (κ1) is 16.4. The van der Waals surface area contributed by atoms with Gasteiger partial charge in [-0.1, -0.05) is 61.5 Å². The summed E-state index contributed by atoms with van der Waals surface area (Å²) in [7, 11) is 0. The molecule has 0 unspecified atom stereocenters. The summed E-state index contributed by atoms with van der Waals surface area (Å²) < 4.78 is 0. The van der Waals surface area contributed by atoms with E-state index in [-0.39, 0.29) is 11.8 Å². The van der Waals surface area contributed by atoms with Gasteiger partial charge in [-0.2, -0.15) is 5.11 Å². The zero-order valence-electron chi connectivity index (χ0n) is 14.7. The predicted octanol–water partition coefficient (Wildman–Crippen LogP) is 3.30. The van der Waals surface area contributed by atoms with Crippen LogP contribution in [0, 0.1) is 0 Å². The Morgan fingerprint density at radius 1 is 0.962 bits per heavy atom. The number of benzene rings is 2. The van der Waals surface area contributed by atoms with Gasteiger partial charge in [0.1, 0.15) is 0 Å². The lowest BCUT2D eigenvalue weighted by molar-refractivity contribution is -0.123. The molecule has 2 aliphatic rings. The Morgan fingerprint density at radius 2 is 1.65 bits per heavy atom. The van der Waals surface area contributed by atoms with Crippen LogP contribution in [0.3, 0.4) is 0 Å². The molecule has 0 aromatic heterocycles. The highest BCUT2D eigenvalue weighted by atomic mass is 16.2. The molecule has 2 atom stereocenters. The summed E-state index contributed by atoms with van der Waals surface area (Å²) in [6.07, 6.45) is 0. The molecule has 2 aliphatic heterocycles. The molecule has 132 valence electrons. The maximum Gasteiger partial charge on any atom is 0.263 e. The topological polar surface area (TPSA) is 65.3 Å². The molecule has 6 heteroatoms. The lowest BCUT2D eigenvalue weighted by atomic mass is 10.0. The molecule has 26 heavy (non-hydrogen) atoms. The fraction of sp³-hybridized carbons (Fsp3) is 0.300. The second-order valence-electron chi connectivity index (χ2n) is 6.94. The molecule has 2 amide bonds. The second kappa shape index (κ2) is 6.37. The molecule has 0 saturated carbocycles. The average Bonchev–Trinajstić information content (AvgIpc) is 3.16. The molecule has 2 aromatic rings. The third-order valence-electron chi connectivity index (χ3n) is 4.86. The summed E-state index contributed by atoms with van der Waals surface area (Å²) in [4.78, 5) is 26.7. The van der Waals surface area contributed by atoms with Gasteiger partial charge in [0.05, 0.1) is 12.2 Å². The number of fused-ring (bicyclic) bond motifs is 1. The van der Waals surface area contributed by atoms with Crippen molar-refractivity contribution in [2.24, 2.45) is 10.3 Å². The van der Waals surface area contributed by atoms with Crippen LogP contribution < -0.4 is 4.90 Å². The van der Waals surface area contributed by atoms with E-state index in [1.807, 2.05) is 18.2 Å². The first-order chi connectivity index (χ1) is 12.6. The average molecular weight is 348 g/mol.